The first-order valence-corrected chi connectivity index (χ1v) is 5.16. The molecule has 0 N–H and O–H groups in total. The maximum atomic E-state index is 11.3. The maximum absolute atomic E-state index is 11.3. The summed E-state index contributed by atoms with van der Waals surface area (Å²) < 4.78 is 5.26. The molecule has 1 saturated heterocycles. The van der Waals surface area contributed by atoms with Crippen molar-refractivity contribution in [3.05, 3.63) is 34.9 Å². The summed E-state index contributed by atoms with van der Waals surface area (Å²) in [5, 5.41) is 0.658. The molecule has 0 unspecified atom stereocenters. The van der Waals surface area contributed by atoms with Crippen molar-refractivity contribution in [2.24, 2.45) is 0 Å². The molecule has 1 heterocycles. The van der Waals surface area contributed by atoms with Gasteiger partial charge in [0.05, 0.1) is 6.04 Å². The van der Waals surface area contributed by atoms with Crippen LogP contribution in [0.1, 0.15) is 18.6 Å². The number of carbonyl (C=O) groups excluding carboxylic acids is 1. The Hall–Kier alpha value is -1.22. The van der Waals surface area contributed by atoms with Crippen LogP contribution < -0.4 is 0 Å². The lowest BCUT2D eigenvalue weighted by Crippen LogP contribution is -2.27. The lowest BCUT2D eigenvalue weighted by Gasteiger charge is -2.16. The molecule has 0 radical (unpaired) electrons. The second-order valence-corrected chi connectivity index (χ2v) is 4.15. The Bertz CT molecular complexity index is 394. The van der Waals surface area contributed by atoms with Crippen molar-refractivity contribution >= 4 is 17.7 Å². The fraction of sp³-hybridized carbons (Fsp3) is 0.364. The van der Waals surface area contributed by atoms with Gasteiger partial charge in [-0.05, 0) is 24.6 Å². The molecule has 1 aromatic carbocycles. The Labute approximate surface area is 93.6 Å². The third kappa shape index (κ3) is 1.79. The highest BCUT2D eigenvalue weighted by Gasteiger charge is 2.37. The van der Waals surface area contributed by atoms with E-state index in [2.05, 4.69) is 0 Å². The third-order valence-corrected chi connectivity index (χ3v) is 2.98. The van der Waals surface area contributed by atoms with Gasteiger partial charge in [-0.25, -0.2) is 4.79 Å². The van der Waals surface area contributed by atoms with E-state index < -0.39 is 0 Å². The Morgan fingerprint density at radius 1 is 1.47 bits per heavy atom. The summed E-state index contributed by atoms with van der Waals surface area (Å²) in [6.07, 6.45) is -0.506. The van der Waals surface area contributed by atoms with Crippen LogP contribution in [-0.2, 0) is 4.74 Å². The van der Waals surface area contributed by atoms with Gasteiger partial charge < -0.3 is 9.64 Å². The minimum absolute atomic E-state index is 0.0379. The van der Waals surface area contributed by atoms with Crippen LogP contribution in [0.15, 0.2) is 24.3 Å². The number of nitrogens with zero attached hydrogens (tertiary/aromatic N) is 1. The van der Waals surface area contributed by atoms with Crippen molar-refractivity contribution < 1.29 is 9.53 Å². The van der Waals surface area contributed by atoms with E-state index in [9.17, 15) is 4.79 Å². The Balaban J connectivity index is 2.29. The van der Waals surface area contributed by atoms with Gasteiger partial charge in [0.1, 0.15) is 6.10 Å². The molecular formula is C11H12ClNO2. The first-order valence-electron chi connectivity index (χ1n) is 4.78. The second-order valence-electron chi connectivity index (χ2n) is 3.71. The molecule has 1 aromatic rings. The number of benzene rings is 1. The van der Waals surface area contributed by atoms with E-state index in [1.807, 2.05) is 25.1 Å². The number of likely N-dealkylation sites (N-methyl/N-ethyl adjacent to an activating group) is 1. The zero-order valence-electron chi connectivity index (χ0n) is 8.61. The average molecular weight is 226 g/mol. The van der Waals surface area contributed by atoms with E-state index in [4.69, 9.17) is 16.3 Å². The van der Waals surface area contributed by atoms with Gasteiger partial charge in [0.25, 0.3) is 0 Å². The Kier molecular flexibility index (Phi) is 2.57. The number of ether oxygens (including phenoxy) is 1. The quantitative estimate of drug-likeness (QED) is 0.736. The molecule has 15 heavy (non-hydrogen) atoms. The highest BCUT2D eigenvalue weighted by atomic mass is 35.5. The van der Waals surface area contributed by atoms with Crippen LogP contribution in [0.2, 0.25) is 5.02 Å². The SMILES string of the molecule is C[C@H]1[C@@H](c2cccc(Cl)c2)OC(=O)N1C. The number of cyclic esters (lactones) is 1. The fourth-order valence-electron chi connectivity index (χ4n) is 1.69. The van der Waals surface area contributed by atoms with E-state index >= 15 is 0 Å². The van der Waals surface area contributed by atoms with Gasteiger partial charge in [0.15, 0.2) is 0 Å². The van der Waals surface area contributed by atoms with Gasteiger partial charge in [0.2, 0.25) is 0 Å². The third-order valence-electron chi connectivity index (χ3n) is 2.74. The van der Waals surface area contributed by atoms with E-state index in [-0.39, 0.29) is 18.2 Å². The zero-order chi connectivity index (χ0) is 11.0. The molecule has 2 atom stereocenters. The molecular weight excluding hydrogens is 214 g/mol. The maximum Gasteiger partial charge on any atom is 0.410 e. The van der Waals surface area contributed by atoms with Crippen LogP contribution in [0.5, 0.6) is 0 Å². The molecule has 1 aliphatic heterocycles. The monoisotopic (exact) mass is 225 g/mol. The highest BCUT2D eigenvalue weighted by Crippen LogP contribution is 2.32. The van der Waals surface area contributed by atoms with Gasteiger partial charge in [0, 0.05) is 12.1 Å². The molecule has 2 rings (SSSR count). The standard InChI is InChI=1S/C11H12ClNO2/c1-7-10(15-11(14)13(7)2)8-4-3-5-9(12)6-8/h3-7,10H,1-2H3/t7-,10-/m0/s1. The fourth-order valence-corrected chi connectivity index (χ4v) is 1.89. The number of hydrogen-bond acceptors (Lipinski definition) is 2. The van der Waals surface area contributed by atoms with Crippen molar-refractivity contribution in [1.29, 1.82) is 0 Å². The van der Waals surface area contributed by atoms with Crippen molar-refractivity contribution in [3.63, 3.8) is 0 Å². The largest absolute Gasteiger partial charge is 0.439 e. The van der Waals surface area contributed by atoms with Crippen LogP contribution in [0.25, 0.3) is 0 Å². The molecule has 1 aliphatic rings. The molecule has 0 aromatic heterocycles. The summed E-state index contributed by atoms with van der Waals surface area (Å²) in [5.74, 6) is 0. The molecule has 0 spiro atoms. The zero-order valence-corrected chi connectivity index (χ0v) is 9.36. The summed E-state index contributed by atoms with van der Waals surface area (Å²) in [4.78, 5) is 12.9. The van der Waals surface area contributed by atoms with E-state index in [1.165, 1.54) is 0 Å². The van der Waals surface area contributed by atoms with Gasteiger partial charge in [-0.2, -0.15) is 0 Å². The van der Waals surface area contributed by atoms with E-state index in [0.29, 0.717) is 5.02 Å². The second kappa shape index (κ2) is 3.74. The number of carbonyl (C=O) groups is 1. The van der Waals surface area contributed by atoms with Crippen molar-refractivity contribution in [2.75, 3.05) is 7.05 Å². The van der Waals surface area contributed by atoms with Crippen LogP contribution in [-0.4, -0.2) is 24.1 Å². The molecule has 0 saturated carbocycles. The lowest BCUT2D eigenvalue weighted by molar-refractivity contribution is 0.131. The number of amides is 1. The number of rotatable bonds is 1. The molecule has 0 bridgehead atoms. The molecule has 1 amide bonds. The van der Waals surface area contributed by atoms with Crippen LogP contribution >= 0.6 is 11.6 Å². The first-order chi connectivity index (χ1) is 7.09. The highest BCUT2D eigenvalue weighted by molar-refractivity contribution is 6.30. The van der Waals surface area contributed by atoms with Crippen LogP contribution in [0.4, 0.5) is 4.79 Å². The van der Waals surface area contributed by atoms with Crippen molar-refractivity contribution in [2.45, 2.75) is 19.1 Å². The summed E-state index contributed by atoms with van der Waals surface area (Å²) >= 11 is 5.89. The minimum atomic E-state index is -0.285. The van der Waals surface area contributed by atoms with Crippen LogP contribution in [0.3, 0.4) is 0 Å². The minimum Gasteiger partial charge on any atom is -0.439 e. The summed E-state index contributed by atoms with van der Waals surface area (Å²) in [5.41, 5.74) is 0.938. The predicted molar refractivity (Wildman–Crippen MR) is 57.9 cm³/mol. The molecule has 4 heteroatoms. The van der Waals surface area contributed by atoms with Gasteiger partial charge in [-0.3, -0.25) is 0 Å². The topological polar surface area (TPSA) is 29.5 Å². The van der Waals surface area contributed by atoms with Crippen molar-refractivity contribution in [3.8, 4) is 0 Å². The Morgan fingerprint density at radius 2 is 2.20 bits per heavy atom. The number of halogens is 1. The lowest BCUT2D eigenvalue weighted by atomic mass is 10.0. The summed E-state index contributed by atoms with van der Waals surface area (Å²) in [6, 6.07) is 7.44. The average Bonchev–Trinajstić information content (AvgIpc) is 2.46. The summed E-state index contributed by atoms with van der Waals surface area (Å²) in [7, 11) is 1.73. The van der Waals surface area contributed by atoms with Gasteiger partial charge >= 0.3 is 6.09 Å². The van der Waals surface area contributed by atoms with Crippen molar-refractivity contribution in [1.82, 2.24) is 4.90 Å². The molecule has 80 valence electrons. The van der Waals surface area contributed by atoms with Gasteiger partial charge in [-0.15, -0.1) is 0 Å². The van der Waals surface area contributed by atoms with Crippen LogP contribution in [0, 0.1) is 0 Å². The smallest absolute Gasteiger partial charge is 0.410 e. The number of hydrogen-bond donors (Lipinski definition) is 0. The molecule has 3 nitrogen and oxygen atoms in total. The van der Waals surface area contributed by atoms with E-state index in [1.54, 1.807) is 18.0 Å². The van der Waals surface area contributed by atoms with Gasteiger partial charge in [-0.1, -0.05) is 23.7 Å². The summed E-state index contributed by atoms with van der Waals surface area (Å²) in [6.45, 7) is 1.95. The predicted octanol–water partition coefficient (Wildman–Crippen LogP) is 2.85. The first kappa shape index (κ1) is 10.3. The molecule has 1 fully saturated rings. The molecule has 0 aliphatic carbocycles. The Morgan fingerprint density at radius 3 is 2.73 bits per heavy atom. The normalized spacial score (nSPS) is 25.5. The van der Waals surface area contributed by atoms with E-state index in [0.717, 1.165) is 5.56 Å².